The van der Waals surface area contributed by atoms with Gasteiger partial charge in [0.25, 0.3) is 5.91 Å². The van der Waals surface area contributed by atoms with Crippen LogP contribution in [0.5, 0.6) is 0 Å². The number of piperidine rings is 1. The normalized spacial score (nSPS) is 19.8. The summed E-state index contributed by atoms with van der Waals surface area (Å²) in [4.78, 5) is 28.5. The fourth-order valence-corrected chi connectivity index (χ4v) is 3.40. The van der Waals surface area contributed by atoms with Crippen molar-refractivity contribution in [1.29, 1.82) is 0 Å². The number of nitrogens with zero attached hydrogens (tertiary/aromatic N) is 2. The minimum absolute atomic E-state index is 0.00951. The van der Waals surface area contributed by atoms with Crippen LogP contribution in [-0.2, 0) is 4.79 Å². The molecular formula is C15H20N2O3S. The van der Waals surface area contributed by atoms with Crippen LogP contribution in [0.3, 0.4) is 0 Å². The van der Waals surface area contributed by atoms with Gasteiger partial charge in [-0.25, -0.2) is 4.79 Å². The maximum atomic E-state index is 12.5. The highest BCUT2D eigenvalue weighted by Gasteiger charge is 2.25. The van der Waals surface area contributed by atoms with Crippen molar-refractivity contribution in [2.75, 3.05) is 27.2 Å². The van der Waals surface area contributed by atoms with E-state index in [0.29, 0.717) is 4.88 Å². The van der Waals surface area contributed by atoms with Crippen molar-refractivity contribution in [3.05, 3.63) is 28.0 Å². The van der Waals surface area contributed by atoms with Gasteiger partial charge in [0, 0.05) is 30.6 Å². The molecule has 0 aromatic carbocycles. The van der Waals surface area contributed by atoms with Gasteiger partial charge in [-0.05, 0) is 44.6 Å². The molecule has 0 radical (unpaired) electrons. The maximum absolute atomic E-state index is 12.5. The lowest BCUT2D eigenvalue weighted by atomic mass is 10.0. The Bertz CT molecular complexity index is 553. The largest absolute Gasteiger partial charge is 0.478 e. The molecule has 1 fully saturated rings. The van der Waals surface area contributed by atoms with Crippen molar-refractivity contribution in [1.82, 2.24) is 9.80 Å². The lowest BCUT2D eigenvalue weighted by Gasteiger charge is -2.35. The summed E-state index contributed by atoms with van der Waals surface area (Å²) in [7, 11) is 3.92. The number of carbonyl (C=O) groups is 2. The lowest BCUT2D eigenvalue weighted by Crippen LogP contribution is -2.47. The Kier molecular flexibility index (Phi) is 5.14. The number of likely N-dealkylation sites (N-methyl/N-ethyl adjacent to an activating group) is 2. The zero-order valence-electron chi connectivity index (χ0n) is 12.3. The Hall–Kier alpha value is -1.66. The number of thiophene rings is 1. The molecule has 1 amide bonds. The third kappa shape index (κ3) is 4.15. The van der Waals surface area contributed by atoms with Gasteiger partial charge in [-0.1, -0.05) is 0 Å². The van der Waals surface area contributed by atoms with E-state index < -0.39 is 5.97 Å². The van der Waals surface area contributed by atoms with Gasteiger partial charge >= 0.3 is 5.97 Å². The number of amides is 1. The fourth-order valence-electron chi connectivity index (χ4n) is 2.51. The molecule has 1 aliphatic heterocycles. The van der Waals surface area contributed by atoms with Gasteiger partial charge in [0.05, 0.1) is 4.88 Å². The predicted molar refractivity (Wildman–Crippen MR) is 83.6 cm³/mol. The Morgan fingerprint density at radius 3 is 2.90 bits per heavy atom. The first kappa shape index (κ1) is 15.7. The van der Waals surface area contributed by atoms with Crippen molar-refractivity contribution in [2.45, 2.75) is 18.9 Å². The maximum Gasteiger partial charge on any atom is 0.328 e. The first-order valence-corrected chi connectivity index (χ1v) is 7.75. The number of aliphatic carboxylic acids is 1. The minimum atomic E-state index is -0.987. The molecule has 6 heteroatoms. The summed E-state index contributed by atoms with van der Waals surface area (Å²) in [5.41, 5.74) is 0. The van der Waals surface area contributed by atoms with Crippen LogP contribution >= 0.6 is 11.3 Å². The summed E-state index contributed by atoms with van der Waals surface area (Å²) in [5.74, 6) is -0.978. The minimum Gasteiger partial charge on any atom is -0.478 e. The predicted octanol–water partition coefficient (Wildman–Crippen LogP) is 2.01. The van der Waals surface area contributed by atoms with Crippen LogP contribution in [0.1, 0.15) is 27.4 Å². The molecule has 0 bridgehead atoms. The Morgan fingerprint density at radius 2 is 2.24 bits per heavy atom. The zero-order chi connectivity index (χ0) is 15.4. The van der Waals surface area contributed by atoms with Gasteiger partial charge in [-0.15, -0.1) is 11.3 Å². The van der Waals surface area contributed by atoms with Crippen molar-refractivity contribution in [2.24, 2.45) is 0 Å². The second-order valence-electron chi connectivity index (χ2n) is 5.35. The van der Waals surface area contributed by atoms with Crippen LogP contribution in [-0.4, -0.2) is 60.0 Å². The van der Waals surface area contributed by atoms with E-state index in [1.165, 1.54) is 17.4 Å². The van der Waals surface area contributed by atoms with Gasteiger partial charge in [0.2, 0.25) is 0 Å². The summed E-state index contributed by atoms with van der Waals surface area (Å²) >= 11 is 1.32. The van der Waals surface area contributed by atoms with E-state index in [-0.39, 0.29) is 11.9 Å². The van der Waals surface area contributed by atoms with Crippen molar-refractivity contribution in [3.63, 3.8) is 0 Å². The average molecular weight is 308 g/mol. The number of hydrogen-bond acceptors (Lipinski definition) is 4. The lowest BCUT2D eigenvalue weighted by molar-refractivity contribution is -0.131. The van der Waals surface area contributed by atoms with Crippen molar-refractivity contribution in [3.8, 4) is 0 Å². The molecule has 1 N–H and O–H groups in total. The fraction of sp³-hybridized carbons (Fsp3) is 0.467. The topological polar surface area (TPSA) is 60.9 Å². The van der Waals surface area contributed by atoms with Crippen LogP contribution in [0.4, 0.5) is 0 Å². The van der Waals surface area contributed by atoms with Gasteiger partial charge in [0.15, 0.2) is 0 Å². The summed E-state index contributed by atoms with van der Waals surface area (Å²) < 4.78 is 0. The standard InChI is InChI=1S/C15H20N2O3S/c1-16-9-3-4-11(10-16)17(2)15(20)13-7-5-12(21-13)6-8-14(18)19/h5-8,11H,3-4,9-10H2,1-2H3,(H,18,19). The van der Waals surface area contributed by atoms with E-state index in [0.717, 1.165) is 36.9 Å². The SMILES string of the molecule is CN1CCCC(N(C)C(=O)c2ccc(C=CC(=O)O)s2)C1. The molecular weight excluding hydrogens is 288 g/mol. The molecule has 0 aliphatic carbocycles. The second kappa shape index (κ2) is 6.87. The third-order valence-corrected chi connectivity index (χ3v) is 4.73. The monoisotopic (exact) mass is 308 g/mol. The van der Waals surface area contributed by atoms with Gasteiger partial charge in [-0.3, -0.25) is 4.79 Å². The van der Waals surface area contributed by atoms with Crippen molar-refractivity contribution < 1.29 is 14.7 Å². The molecule has 1 aromatic heterocycles. The van der Waals surface area contributed by atoms with Crippen molar-refractivity contribution >= 4 is 29.3 Å². The average Bonchev–Trinajstić information content (AvgIpc) is 2.92. The zero-order valence-corrected chi connectivity index (χ0v) is 13.1. The molecule has 21 heavy (non-hydrogen) atoms. The van der Waals surface area contributed by atoms with Gasteiger partial charge < -0.3 is 14.9 Å². The number of carboxylic acids is 1. The van der Waals surface area contributed by atoms with E-state index in [4.69, 9.17) is 5.11 Å². The number of likely N-dealkylation sites (tertiary alicyclic amines) is 1. The highest BCUT2D eigenvalue weighted by Crippen LogP contribution is 2.22. The molecule has 0 spiro atoms. The summed E-state index contributed by atoms with van der Waals surface area (Å²) in [6, 6.07) is 3.78. The van der Waals surface area contributed by atoms with Crippen LogP contribution < -0.4 is 0 Å². The first-order chi connectivity index (χ1) is 9.97. The summed E-state index contributed by atoms with van der Waals surface area (Å²) in [6.45, 7) is 1.99. The Morgan fingerprint density at radius 1 is 1.48 bits per heavy atom. The molecule has 1 unspecified atom stereocenters. The molecule has 114 valence electrons. The van der Waals surface area contributed by atoms with Crippen LogP contribution in [0.2, 0.25) is 0 Å². The first-order valence-electron chi connectivity index (χ1n) is 6.94. The highest BCUT2D eigenvalue weighted by molar-refractivity contribution is 7.14. The molecule has 2 heterocycles. The molecule has 1 aliphatic rings. The molecule has 2 rings (SSSR count). The molecule has 1 atom stereocenters. The number of hydrogen-bond donors (Lipinski definition) is 1. The van der Waals surface area contributed by atoms with Gasteiger partial charge in [0.1, 0.15) is 0 Å². The number of rotatable bonds is 4. The highest BCUT2D eigenvalue weighted by atomic mass is 32.1. The third-order valence-electron chi connectivity index (χ3n) is 3.70. The second-order valence-corrected chi connectivity index (χ2v) is 6.46. The van der Waals surface area contributed by atoms with E-state index >= 15 is 0 Å². The van der Waals surface area contributed by atoms with E-state index in [9.17, 15) is 9.59 Å². The Labute approximate surface area is 128 Å². The van der Waals surface area contributed by atoms with E-state index in [1.807, 2.05) is 11.9 Å². The van der Waals surface area contributed by atoms with Crippen LogP contribution in [0.25, 0.3) is 6.08 Å². The number of carbonyl (C=O) groups excluding carboxylic acids is 1. The van der Waals surface area contributed by atoms with Crippen LogP contribution in [0.15, 0.2) is 18.2 Å². The molecule has 1 saturated heterocycles. The quantitative estimate of drug-likeness (QED) is 0.864. The summed E-state index contributed by atoms with van der Waals surface area (Å²) in [5, 5.41) is 8.61. The molecule has 5 nitrogen and oxygen atoms in total. The van der Waals surface area contributed by atoms with Crippen LogP contribution in [0, 0.1) is 0 Å². The van der Waals surface area contributed by atoms with Gasteiger partial charge in [-0.2, -0.15) is 0 Å². The van der Waals surface area contributed by atoms with E-state index in [1.54, 1.807) is 12.1 Å². The molecule has 1 aromatic rings. The smallest absolute Gasteiger partial charge is 0.328 e. The summed E-state index contributed by atoms with van der Waals surface area (Å²) in [6.07, 6.45) is 4.73. The molecule has 0 saturated carbocycles. The van der Waals surface area contributed by atoms with E-state index in [2.05, 4.69) is 11.9 Å². The number of carboxylic acid groups (broad SMARTS) is 1. The Balaban J connectivity index is 2.03.